The van der Waals surface area contributed by atoms with Crippen LogP contribution in [0.2, 0.25) is 0 Å². The lowest BCUT2D eigenvalue weighted by molar-refractivity contribution is 0.0601. The number of hydrogen-bond acceptors (Lipinski definition) is 3. The highest BCUT2D eigenvalue weighted by atomic mass is 127. The monoisotopic (exact) mass is 447 g/mol. The lowest BCUT2D eigenvalue weighted by atomic mass is 10.1. The number of aryl methyl sites for hydroxylation is 1. The van der Waals surface area contributed by atoms with Gasteiger partial charge in [-0.3, -0.25) is 0 Å². The van der Waals surface area contributed by atoms with Crippen LogP contribution in [0.15, 0.2) is 24.8 Å². The highest BCUT2D eigenvalue weighted by Gasteiger charge is 2.23. The Morgan fingerprint density at radius 3 is 2.50 bits per heavy atom. The van der Waals surface area contributed by atoms with Gasteiger partial charge < -0.3 is 10.1 Å². The van der Waals surface area contributed by atoms with Crippen molar-refractivity contribution in [2.24, 2.45) is 0 Å². The van der Waals surface area contributed by atoms with E-state index in [0.717, 1.165) is 24.8 Å². The maximum Gasteiger partial charge on any atom is 0.340 e. The van der Waals surface area contributed by atoms with Gasteiger partial charge in [0.15, 0.2) is 11.6 Å². The summed E-state index contributed by atoms with van der Waals surface area (Å²) >= 11 is 1.96. The Hall–Kier alpha value is -2.03. The van der Waals surface area contributed by atoms with Crippen LogP contribution < -0.4 is 5.32 Å². The van der Waals surface area contributed by atoms with E-state index in [0.29, 0.717) is 3.57 Å². The quantitative estimate of drug-likeness (QED) is 0.518. The average Bonchev–Trinajstić information content (AvgIpc) is 2.56. The molecule has 0 saturated carbocycles. The third-order valence-corrected chi connectivity index (χ3v) is 4.53. The number of benzene rings is 2. The lowest BCUT2D eigenvalue weighted by Gasteiger charge is -2.15. The smallest absolute Gasteiger partial charge is 0.340 e. The maximum absolute atomic E-state index is 14.4. The normalized spacial score (nSPS) is 10.4. The molecule has 0 aliphatic rings. The van der Waals surface area contributed by atoms with E-state index in [1.165, 1.54) is 12.1 Å². The molecular formula is C17H13F3INO2. The Morgan fingerprint density at radius 2 is 1.92 bits per heavy atom. The average molecular weight is 447 g/mol. The fourth-order valence-electron chi connectivity index (χ4n) is 2.08. The minimum absolute atomic E-state index is 0.0808. The molecule has 0 heterocycles. The highest BCUT2D eigenvalue weighted by Crippen LogP contribution is 2.32. The fourth-order valence-corrected chi connectivity index (χ4v) is 2.50. The van der Waals surface area contributed by atoms with Crippen molar-refractivity contribution in [3.8, 4) is 0 Å². The first-order chi connectivity index (χ1) is 11.3. The molecule has 2 aromatic carbocycles. The molecule has 0 atom stereocenters. The molecule has 2 aromatic rings. The van der Waals surface area contributed by atoms with Crippen LogP contribution in [0.5, 0.6) is 0 Å². The molecule has 0 bridgehead atoms. The molecule has 0 aliphatic heterocycles. The van der Waals surface area contributed by atoms with E-state index < -0.39 is 29.1 Å². The molecule has 2 rings (SSSR count). The van der Waals surface area contributed by atoms with Crippen molar-refractivity contribution in [3.05, 3.63) is 62.5 Å². The van der Waals surface area contributed by atoms with E-state index in [1.54, 1.807) is 6.92 Å². The first kappa shape index (κ1) is 18.3. The first-order valence-electron chi connectivity index (χ1n) is 6.75. The van der Waals surface area contributed by atoms with Crippen molar-refractivity contribution < 1.29 is 22.7 Å². The summed E-state index contributed by atoms with van der Waals surface area (Å²) < 4.78 is 47.8. The fraction of sp³-hybridized carbons (Fsp3) is 0.118. The van der Waals surface area contributed by atoms with E-state index in [9.17, 15) is 18.0 Å². The van der Waals surface area contributed by atoms with Gasteiger partial charge in [0.1, 0.15) is 5.82 Å². The number of methoxy groups -OCH3 is 1. The number of esters is 1. The van der Waals surface area contributed by atoms with E-state index in [1.807, 2.05) is 22.6 Å². The van der Waals surface area contributed by atoms with Crippen LogP contribution in [0.1, 0.15) is 21.5 Å². The Labute approximate surface area is 150 Å². The molecule has 0 aliphatic carbocycles. The molecular weight excluding hydrogens is 434 g/mol. The van der Waals surface area contributed by atoms with Crippen molar-refractivity contribution in [2.45, 2.75) is 6.92 Å². The second-order valence-corrected chi connectivity index (χ2v) is 6.08. The molecule has 3 nitrogen and oxygen atoms in total. The molecule has 0 fully saturated rings. The van der Waals surface area contributed by atoms with E-state index >= 15 is 0 Å². The van der Waals surface area contributed by atoms with E-state index in [2.05, 4.69) is 16.6 Å². The Bertz CT molecular complexity index is 837. The number of halogens is 4. The molecule has 0 saturated heterocycles. The van der Waals surface area contributed by atoms with Crippen molar-refractivity contribution in [1.29, 1.82) is 0 Å². The Kier molecular flexibility index (Phi) is 5.53. The summed E-state index contributed by atoms with van der Waals surface area (Å²) in [6.07, 6.45) is 1.07. The van der Waals surface area contributed by atoms with Crippen molar-refractivity contribution in [1.82, 2.24) is 0 Å². The summed E-state index contributed by atoms with van der Waals surface area (Å²) in [5, 5.41) is 2.46. The van der Waals surface area contributed by atoms with Gasteiger partial charge in [-0.25, -0.2) is 18.0 Å². The molecule has 1 N–H and O–H groups in total. The molecule has 0 radical (unpaired) electrons. The van der Waals surface area contributed by atoms with Gasteiger partial charge in [-0.15, -0.1) is 0 Å². The Morgan fingerprint density at radius 1 is 1.25 bits per heavy atom. The number of carbonyl (C=O) groups is 1. The number of anilines is 2. The molecule has 0 amide bonds. The van der Waals surface area contributed by atoms with Crippen LogP contribution in [0, 0.1) is 27.9 Å². The van der Waals surface area contributed by atoms with Crippen molar-refractivity contribution in [2.75, 3.05) is 12.4 Å². The SMILES string of the molecule is C=Cc1cc(C(=O)OC)c(Nc2cc(C)c(I)cc2F)c(F)c1F. The van der Waals surface area contributed by atoms with Gasteiger partial charge in [-0.2, -0.15) is 0 Å². The third-order valence-electron chi connectivity index (χ3n) is 3.37. The van der Waals surface area contributed by atoms with E-state index in [4.69, 9.17) is 0 Å². The third kappa shape index (κ3) is 3.40. The molecule has 0 aromatic heterocycles. The molecule has 24 heavy (non-hydrogen) atoms. The molecule has 7 heteroatoms. The van der Waals surface area contributed by atoms with Gasteiger partial charge in [0, 0.05) is 9.13 Å². The van der Waals surface area contributed by atoms with Crippen LogP contribution in [-0.4, -0.2) is 13.1 Å². The topological polar surface area (TPSA) is 38.3 Å². The predicted octanol–water partition coefficient (Wildman–Crippen LogP) is 5.19. The van der Waals surface area contributed by atoms with Crippen LogP contribution in [0.3, 0.4) is 0 Å². The van der Waals surface area contributed by atoms with Crippen LogP contribution in [0.25, 0.3) is 6.08 Å². The van der Waals surface area contributed by atoms with Gasteiger partial charge in [0.2, 0.25) is 0 Å². The largest absolute Gasteiger partial charge is 0.465 e. The second kappa shape index (κ2) is 7.25. The summed E-state index contributed by atoms with van der Waals surface area (Å²) in [5.74, 6) is -4.05. The molecule has 0 unspecified atom stereocenters. The summed E-state index contributed by atoms with van der Waals surface area (Å²) in [6, 6.07) is 3.79. The number of carbonyl (C=O) groups excluding carboxylic acids is 1. The standard InChI is InChI=1S/C17H13F3INO2/c1-4-9-6-10(17(23)24-3)16(15(20)14(9)19)22-13-5-8(2)12(21)7-11(13)18/h4-7,22H,1H2,2-3H3. The second-order valence-electron chi connectivity index (χ2n) is 4.92. The van der Waals surface area contributed by atoms with Gasteiger partial charge >= 0.3 is 5.97 Å². The maximum atomic E-state index is 14.4. The van der Waals surface area contributed by atoms with Gasteiger partial charge in [0.25, 0.3) is 0 Å². The number of nitrogens with one attached hydrogen (secondary N) is 1. The minimum atomic E-state index is -1.32. The van der Waals surface area contributed by atoms with E-state index in [-0.39, 0.29) is 16.8 Å². The summed E-state index contributed by atoms with van der Waals surface area (Å²) in [4.78, 5) is 11.9. The lowest BCUT2D eigenvalue weighted by Crippen LogP contribution is -2.11. The first-order valence-corrected chi connectivity index (χ1v) is 7.83. The van der Waals surface area contributed by atoms with Crippen LogP contribution in [-0.2, 0) is 4.74 Å². The van der Waals surface area contributed by atoms with Crippen LogP contribution in [0.4, 0.5) is 24.5 Å². The predicted molar refractivity (Wildman–Crippen MR) is 94.9 cm³/mol. The summed E-state index contributed by atoms with van der Waals surface area (Å²) in [5.41, 5.74) is -0.297. The highest BCUT2D eigenvalue weighted by molar-refractivity contribution is 14.1. The van der Waals surface area contributed by atoms with Gasteiger partial charge in [-0.05, 0) is 53.3 Å². The number of rotatable bonds is 4. The van der Waals surface area contributed by atoms with Gasteiger partial charge in [0.05, 0.1) is 24.0 Å². The molecule has 126 valence electrons. The zero-order valence-electron chi connectivity index (χ0n) is 12.8. The van der Waals surface area contributed by atoms with Crippen LogP contribution >= 0.6 is 22.6 Å². The molecule has 0 spiro atoms. The zero-order valence-corrected chi connectivity index (χ0v) is 15.0. The minimum Gasteiger partial charge on any atom is -0.465 e. The number of hydrogen-bond donors (Lipinski definition) is 1. The Balaban J connectivity index is 2.65. The summed E-state index contributed by atoms with van der Waals surface area (Å²) in [7, 11) is 1.11. The van der Waals surface area contributed by atoms with Crippen molar-refractivity contribution >= 4 is 46.0 Å². The zero-order chi connectivity index (χ0) is 18.0. The number of ether oxygens (including phenoxy) is 1. The van der Waals surface area contributed by atoms with Crippen molar-refractivity contribution in [3.63, 3.8) is 0 Å². The van der Waals surface area contributed by atoms with Gasteiger partial charge in [-0.1, -0.05) is 12.7 Å². The summed E-state index contributed by atoms with van der Waals surface area (Å²) in [6.45, 7) is 5.11.